The number of benzene rings is 2. The molecule has 1 aliphatic heterocycles. The van der Waals surface area contributed by atoms with Gasteiger partial charge in [-0.3, -0.25) is 4.79 Å². The predicted octanol–water partition coefficient (Wildman–Crippen LogP) is 2.01. The summed E-state index contributed by atoms with van der Waals surface area (Å²) in [4.78, 5) is 14.3. The van der Waals surface area contributed by atoms with Crippen molar-refractivity contribution in [2.75, 3.05) is 37.8 Å². The smallest absolute Gasteiger partial charge is 0.257 e. The van der Waals surface area contributed by atoms with Gasteiger partial charge in [-0.05, 0) is 24.3 Å². The van der Waals surface area contributed by atoms with Crippen LogP contribution >= 0.6 is 0 Å². The van der Waals surface area contributed by atoms with Crippen molar-refractivity contribution in [3.63, 3.8) is 0 Å². The van der Waals surface area contributed by atoms with E-state index in [9.17, 15) is 13.2 Å². The molecule has 26 heavy (non-hydrogen) atoms. The van der Waals surface area contributed by atoms with Crippen molar-refractivity contribution in [2.24, 2.45) is 0 Å². The predicted molar refractivity (Wildman–Crippen MR) is 98.4 cm³/mol. The van der Waals surface area contributed by atoms with E-state index in [0.29, 0.717) is 24.5 Å². The van der Waals surface area contributed by atoms with E-state index in [-0.39, 0.29) is 30.5 Å². The second-order valence-corrected chi connectivity index (χ2v) is 8.25. The molecular weight excluding hydrogens is 354 g/mol. The summed E-state index contributed by atoms with van der Waals surface area (Å²) >= 11 is 0. The van der Waals surface area contributed by atoms with Crippen LogP contribution in [0.2, 0.25) is 0 Å². The summed E-state index contributed by atoms with van der Waals surface area (Å²) < 4.78 is 34.4. The number of ether oxygens (including phenoxy) is 2. The zero-order valence-electron chi connectivity index (χ0n) is 14.3. The number of rotatable bonds is 6. The van der Waals surface area contributed by atoms with Crippen LogP contribution in [0.5, 0.6) is 11.5 Å². The zero-order valence-corrected chi connectivity index (χ0v) is 15.2. The van der Waals surface area contributed by atoms with E-state index in [0.717, 1.165) is 5.75 Å². The van der Waals surface area contributed by atoms with E-state index in [4.69, 9.17) is 9.47 Å². The molecule has 138 valence electrons. The Morgan fingerprint density at radius 3 is 2.23 bits per heavy atom. The fraction of sp³-hybridized carbons (Fsp3) is 0.316. The topological polar surface area (TPSA) is 72.9 Å². The maximum atomic E-state index is 12.7. The van der Waals surface area contributed by atoms with E-state index < -0.39 is 9.84 Å². The molecule has 1 heterocycles. The van der Waals surface area contributed by atoms with Gasteiger partial charge in [-0.25, -0.2) is 8.42 Å². The second kappa shape index (κ2) is 8.23. The summed E-state index contributed by atoms with van der Waals surface area (Å²) in [5, 5.41) is 0. The van der Waals surface area contributed by atoms with E-state index in [1.165, 1.54) is 0 Å². The molecule has 1 aliphatic rings. The summed E-state index contributed by atoms with van der Waals surface area (Å²) in [6.45, 7) is 1.08. The zero-order chi connectivity index (χ0) is 18.4. The molecule has 2 aromatic carbocycles. The minimum atomic E-state index is -3.03. The summed E-state index contributed by atoms with van der Waals surface area (Å²) in [7, 11) is -3.03. The third-order valence-electron chi connectivity index (χ3n) is 4.10. The molecule has 6 nitrogen and oxygen atoms in total. The Labute approximate surface area is 153 Å². The van der Waals surface area contributed by atoms with Crippen molar-refractivity contribution in [3.05, 3.63) is 60.2 Å². The Bertz CT molecular complexity index is 837. The highest BCUT2D eigenvalue weighted by Gasteiger charge is 2.27. The van der Waals surface area contributed by atoms with Gasteiger partial charge in [0.1, 0.15) is 24.7 Å². The minimum absolute atomic E-state index is 0.00663. The molecular formula is C19H21NO5S. The summed E-state index contributed by atoms with van der Waals surface area (Å²) in [6.07, 6.45) is 0. The molecule has 0 spiro atoms. The van der Waals surface area contributed by atoms with Gasteiger partial charge in [-0.1, -0.05) is 30.3 Å². The van der Waals surface area contributed by atoms with Gasteiger partial charge < -0.3 is 14.4 Å². The first-order valence-electron chi connectivity index (χ1n) is 8.44. The van der Waals surface area contributed by atoms with Gasteiger partial charge >= 0.3 is 0 Å². The average Bonchev–Trinajstić information content (AvgIpc) is 2.66. The molecule has 0 N–H and O–H groups in total. The van der Waals surface area contributed by atoms with Crippen molar-refractivity contribution >= 4 is 15.7 Å². The molecule has 0 aliphatic carbocycles. The van der Waals surface area contributed by atoms with Crippen LogP contribution in [-0.4, -0.2) is 57.0 Å². The number of carbonyl (C=O) groups is 1. The number of nitrogens with zero attached hydrogens (tertiary/aromatic N) is 1. The van der Waals surface area contributed by atoms with Crippen molar-refractivity contribution in [1.82, 2.24) is 4.90 Å². The Morgan fingerprint density at radius 2 is 1.50 bits per heavy atom. The molecule has 1 saturated heterocycles. The van der Waals surface area contributed by atoms with Crippen LogP contribution in [0.15, 0.2) is 54.6 Å². The number of para-hydroxylation sites is 2. The highest BCUT2D eigenvalue weighted by molar-refractivity contribution is 7.91. The molecule has 3 rings (SSSR count). The number of carbonyl (C=O) groups excluding carboxylic acids is 1. The standard InChI is InChI=1S/C19H21NO5S/c21-19(20-10-14-26(22,23)15-11-20)17-8-4-5-9-18(17)25-13-12-24-16-6-2-1-3-7-16/h1-9H,10-15H2. The van der Waals surface area contributed by atoms with Crippen LogP contribution in [0.1, 0.15) is 10.4 Å². The van der Waals surface area contributed by atoms with E-state index in [2.05, 4.69) is 0 Å². The van der Waals surface area contributed by atoms with Crippen molar-refractivity contribution in [3.8, 4) is 11.5 Å². The first-order valence-corrected chi connectivity index (χ1v) is 10.3. The van der Waals surface area contributed by atoms with Crippen molar-refractivity contribution < 1.29 is 22.7 Å². The summed E-state index contributed by atoms with van der Waals surface area (Å²) in [5.74, 6) is 1.04. The van der Waals surface area contributed by atoms with Gasteiger partial charge in [0.2, 0.25) is 0 Å². The molecule has 0 bridgehead atoms. The molecule has 0 atom stereocenters. The monoisotopic (exact) mass is 375 g/mol. The number of hydrogen-bond acceptors (Lipinski definition) is 5. The molecule has 1 amide bonds. The number of hydrogen-bond donors (Lipinski definition) is 0. The van der Waals surface area contributed by atoms with Crippen molar-refractivity contribution in [1.29, 1.82) is 0 Å². The van der Waals surface area contributed by atoms with Gasteiger partial charge in [-0.2, -0.15) is 0 Å². The largest absolute Gasteiger partial charge is 0.490 e. The minimum Gasteiger partial charge on any atom is -0.490 e. The average molecular weight is 375 g/mol. The highest BCUT2D eigenvalue weighted by Crippen LogP contribution is 2.21. The van der Waals surface area contributed by atoms with E-state index >= 15 is 0 Å². The highest BCUT2D eigenvalue weighted by atomic mass is 32.2. The van der Waals surface area contributed by atoms with Crippen LogP contribution < -0.4 is 9.47 Å². The van der Waals surface area contributed by atoms with Crippen LogP contribution in [0, 0.1) is 0 Å². The number of amides is 1. The van der Waals surface area contributed by atoms with Crippen LogP contribution in [-0.2, 0) is 9.84 Å². The lowest BCUT2D eigenvalue weighted by molar-refractivity contribution is 0.0764. The summed E-state index contributed by atoms with van der Waals surface area (Å²) in [6, 6.07) is 16.4. The van der Waals surface area contributed by atoms with Crippen molar-refractivity contribution in [2.45, 2.75) is 0 Å². The third kappa shape index (κ3) is 4.76. The van der Waals surface area contributed by atoms with Gasteiger partial charge in [-0.15, -0.1) is 0 Å². The lowest BCUT2D eigenvalue weighted by Crippen LogP contribution is -2.43. The molecule has 0 unspecified atom stereocenters. The molecule has 0 radical (unpaired) electrons. The fourth-order valence-corrected chi connectivity index (χ4v) is 3.88. The molecule has 1 fully saturated rings. The molecule has 0 aromatic heterocycles. The third-order valence-corrected chi connectivity index (χ3v) is 5.71. The lowest BCUT2D eigenvalue weighted by atomic mass is 10.1. The van der Waals surface area contributed by atoms with E-state index in [1.54, 1.807) is 29.2 Å². The second-order valence-electron chi connectivity index (χ2n) is 5.95. The van der Waals surface area contributed by atoms with Crippen LogP contribution in [0.4, 0.5) is 0 Å². The Morgan fingerprint density at radius 1 is 0.885 bits per heavy atom. The Balaban J connectivity index is 1.58. The Kier molecular flexibility index (Phi) is 5.78. The molecule has 7 heteroatoms. The normalized spacial score (nSPS) is 16.1. The maximum Gasteiger partial charge on any atom is 0.257 e. The van der Waals surface area contributed by atoms with Gasteiger partial charge in [0.05, 0.1) is 17.1 Å². The van der Waals surface area contributed by atoms with Gasteiger partial charge in [0.15, 0.2) is 9.84 Å². The molecule has 0 saturated carbocycles. The fourth-order valence-electron chi connectivity index (χ4n) is 2.68. The summed E-state index contributed by atoms with van der Waals surface area (Å²) in [5.41, 5.74) is 0.437. The van der Waals surface area contributed by atoms with Gasteiger partial charge in [0.25, 0.3) is 5.91 Å². The van der Waals surface area contributed by atoms with Crippen LogP contribution in [0.3, 0.4) is 0 Å². The number of sulfone groups is 1. The van der Waals surface area contributed by atoms with E-state index in [1.807, 2.05) is 30.3 Å². The lowest BCUT2D eigenvalue weighted by Gasteiger charge is -2.27. The first kappa shape index (κ1) is 18.3. The maximum absolute atomic E-state index is 12.7. The SMILES string of the molecule is O=C(c1ccccc1OCCOc1ccccc1)N1CCS(=O)(=O)CC1. The quantitative estimate of drug-likeness (QED) is 0.722. The Hall–Kier alpha value is -2.54. The van der Waals surface area contributed by atoms with Crippen LogP contribution in [0.25, 0.3) is 0 Å². The van der Waals surface area contributed by atoms with Gasteiger partial charge in [0, 0.05) is 13.1 Å². The first-order chi connectivity index (χ1) is 12.6. The molecule has 2 aromatic rings.